The quantitative estimate of drug-likeness (QED) is 0.908. The zero-order valence-electron chi connectivity index (χ0n) is 13.6. The van der Waals surface area contributed by atoms with Crippen LogP contribution in [-0.2, 0) is 9.84 Å². The lowest BCUT2D eigenvalue weighted by molar-refractivity contribution is 0.102. The Morgan fingerprint density at radius 2 is 1.78 bits per heavy atom. The Morgan fingerprint density at radius 1 is 1.09 bits per heavy atom. The number of carbonyl (C=O) groups excluding carboxylic acids is 1. The second-order valence-electron chi connectivity index (χ2n) is 5.59. The van der Waals surface area contributed by atoms with Crippen LogP contribution in [0.3, 0.4) is 0 Å². The summed E-state index contributed by atoms with van der Waals surface area (Å²) in [7, 11) is -3.46. The van der Waals surface area contributed by atoms with E-state index in [-0.39, 0.29) is 16.2 Å². The molecule has 0 atom stereocenters. The molecule has 2 aromatic carbocycles. The van der Waals surface area contributed by atoms with E-state index in [1.165, 1.54) is 6.07 Å². The number of hydrogen-bond donors (Lipinski definition) is 1. The summed E-state index contributed by atoms with van der Waals surface area (Å²) in [6.45, 7) is 5.64. The summed E-state index contributed by atoms with van der Waals surface area (Å²) in [6.07, 6.45) is 0.509. The summed E-state index contributed by atoms with van der Waals surface area (Å²) in [5.74, 6) is -0.380. The molecule has 2 aromatic rings. The standard InChI is InChI=1S/C18H21NO3S/c1-4-11-23(21,22)17-8-6-5-7-15(17)18(20)19-16-12-13(2)9-10-14(16)3/h5-10,12H,4,11H2,1-3H3,(H,19,20). The van der Waals surface area contributed by atoms with Crippen molar-refractivity contribution in [1.29, 1.82) is 0 Å². The highest BCUT2D eigenvalue weighted by Gasteiger charge is 2.21. The molecule has 0 aliphatic heterocycles. The number of hydrogen-bond acceptors (Lipinski definition) is 3. The first-order chi connectivity index (χ1) is 10.8. The Balaban J connectivity index is 2.39. The molecular weight excluding hydrogens is 310 g/mol. The van der Waals surface area contributed by atoms with Crippen LogP contribution >= 0.6 is 0 Å². The van der Waals surface area contributed by atoms with Gasteiger partial charge in [-0.3, -0.25) is 4.79 Å². The van der Waals surface area contributed by atoms with Crippen LogP contribution in [0.2, 0.25) is 0 Å². The molecule has 0 unspecified atom stereocenters. The van der Waals surface area contributed by atoms with E-state index in [1.807, 2.05) is 32.0 Å². The Kier molecular flexibility index (Phi) is 5.21. The molecule has 4 nitrogen and oxygen atoms in total. The summed E-state index contributed by atoms with van der Waals surface area (Å²) in [5, 5.41) is 2.82. The van der Waals surface area contributed by atoms with Gasteiger partial charge in [-0.05, 0) is 49.6 Å². The summed E-state index contributed by atoms with van der Waals surface area (Å²) < 4.78 is 24.7. The molecule has 0 spiro atoms. The lowest BCUT2D eigenvalue weighted by atomic mass is 10.1. The number of amides is 1. The predicted molar refractivity (Wildman–Crippen MR) is 92.7 cm³/mol. The van der Waals surface area contributed by atoms with E-state index >= 15 is 0 Å². The van der Waals surface area contributed by atoms with Gasteiger partial charge in [0.2, 0.25) is 0 Å². The molecular formula is C18H21NO3S. The van der Waals surface area contributed by atoms with E-state index in [2.05, 4.69) is 5.32 Å². The van der Waals surface area contributed by atoms with Crippen molar-refractivity contribution in [1.82, 2.24) is 0 Å². The minimum atomic E-state index is -3.46. The van der Waals surface area contributed by atoms with Crippen molar-refractivity contribution in [3.05, 3.63) is 59.2 Å². The van der Waals surface area contributed by atoms with E-state index in [1.54, 1.807) is 25.1 Å². The van der Waals surface area contributed by atoms with Gasteiger partial charge in [0.25, 0.3) is 5.91 Å². The van der Waals surface area contributed by atoms with Gasteiger partial charge in [0, 0.05) is 5.69 Å². The Hall–Kier alpha value is -2.14. The van der Waals surface area contributed by atoms with Crippen LogP contribution in [0.15, 0.2) is 47.4 Å². The van der Waals surface area contributed by atoms with Gasteiger partial charge in [-0.15, -0.1) is 0 Å². The van der Waals surface area contributed by atoms with Crippen molar-refractivity contribution in [2.75, 3.05) is 11.1 Å². The van der Waals surface area contributed by atoms with Crippen molar-refractivity contribution in [2.45, 2.75) is 32.1 Å². The summed E-state index contributed by atoms with van der Waals surface area (Å²) in [6, 6.07) is 12.1. The molecule has 0 saturated carbocycles. The van der Waals surface area contributed by atoms with Gasteiger partial charge in [-0.1, -0.05) is 31.2 Å². The second-order valence-corrected chi connectivity index (χ2v) is 7.67. The first-order valence-electron chi connectivity index (χ1n) is 7.55. The molecule has 1 amide bonds. The molecule has 122 valence electrons. The number of anilines is 1. The number of rotatable bonds is 5. The third kappa shape index (κ3) is 3.99. The van der Waals surface area contributed by atoms with Gasteiger partial charge < -0.3 is 5.32 Å². The fraction of sp³-hybridized carbons (Fsp3) is 0.278. The Labute approximate surface area is 137 Å². The summed E-state index contributed by atoms with van der Waals surface area (Å²) in [5.41, 5.74) is 2.83. The second kappa shape index (κ2) is 6.96. The molecule has 0 bridgehead atoms. The zero-order chi connectivity index (χ0) is 17.0. The first kappa shape index (κ1) is 17.2. The third-order valence-electron chi connectivity index (χ3n) is 3.58. The average molecular weight is 331 g/mol. The monoisotopic (exact) mass is 331 g/mol. The highest BCUT2D eigenvalue weighted by molar-refractivity contribution is 7.91. The molecule has 0 radical (unpaired) electrons. The zero-order valence-corrected chi connectivity index (χ0v) is 14.4. The highest BCUT2D eigenvalue weighted by Crippen LogP contribution is 2.21. The first-order valence-corrected chi connectivity index (χ1v) is 9.21. The van der Waals surface area contributed by atoms with Crippen LogP contribution in [0.5, 0.6) is 0 Å². The molecule has 0 heterocycles. The topological polar surface area (TPSA) is 63.2 Å². The van der Waals surface area contributed by atoms with Crippen molar-refractivity contribution in [3.8, 4) is 0 Å². The lowest BCUT2D eigenvalue weighted by Crippen LogP contribution is -2.18. The van der Waals surface area contributed by atoms with Crippen molar-refractivity contribution in [3.63, 3.8) is 0 Å². The lowest BCUT2D eigenvalue weighted by Gasteiger charge is -2.12. The van der Waals surface area contributed by atoms with Crippen molar-refractivity contribution >= 4 is 21.4 Å². The normalized spacial score (nSPS) is 11.3. The minimum Gasteiger partial charge on any atom is -0.322 e. The number of sulfone groups is 1. The smallest absolute Gasteiger partial charge is 0.256 e. The SMILES string of the molecule is CCCS(=O)(=O)c1ccccc1C(=O)Nc1cc(C)ccc1C. The Morgan fingerprint density at radius 3 is 2.48 bits per heavy atom. The van der Waals surface area contributed by atoms with E-state index in [9.17, 15) is 13.2 Å². The van der Waals surface area contributed by atoms with Gasteiger partial charge in [-0.25, -0.2) is 8.42 Å². The van der Waals surface area contributed by atoms with Crippen LogP contribution in [-0.4, -0.2) is 20.1 Å². The molecule has 0 fully saturated rings. The van der Waals surface area contributed by atoms with Gasteiger partial charge in [0.15, 0.2) is 9.84 Å². The fourth-order valence-electron chi connectivity index (χ4n) is 2.36. The largest absolute Gasteiger partial charge is 0.322 e. The highest BCUT2D eigenvalue weighted by atomic mass is 32.2. The molecule has 0 aromatic heterocycles. The van der Waals surface area contributed by atoms with Gasteiger partial charge in [0.05, 0.1) is 16.2 Å². The van der Waals surface area contributed by atoms with E-state index in [0.29, 0.717) is 12.1 Å². The maximum Gasteiger partial charge on any atom is 0.256 e. The van der Waals surface area contributed by atoms with Crippen LogP contribution in [0.25, 0.3) is 0 Å². The maximum absolute atomic E-state index is 12.6. The van der Waals surface area contributed by atoms with E-state index in [4.69, 9.17) is 0 Å². The molecule has 1 N–H and O–H groups in total. The van der Waals surface area contributed by atoms with E-state index < -0.39 is 15.7 Å². The molecule has 0 aliphatic rings. The molecule has 23 heavy (non-hydrogen) atoms. The van der Waals surface area contributed by atoms with E-state index in [0.717, 1.165) is 11.1 Å². The maximum atomic E-state index is 12.6. The molecule has 0 aliphatic carbocycles. The van der Waals surface area contributed by atoms with Crippen molar-refractivity contribution < 1.29 is 13.2 Å². The molecule has 2 rings (SSSR count). The van der Waals surface area contributed by atoms with Crippen molar-refractivity contribution in [2.24, 2.45) is 0 Å². The average Bonchev–Trinajstić information content (AvgIpc) is 2.51. The third-order valence-corrected chi connectivity index (χ3v) is 5.55. The van der Waals surface area contributed by atoms with Crippen LogP contribution in [0.4, 0.5) is 5.69 Å². The number of benzene rings is 2. The van der Waals surface area contributed by atoms with Crippen LogP contribution in [0.1, 0.15) is 34.8 Å². The Bertz CT molecular complexity index is 826. The van der Waals surface area contributed by atoms with Gasteiger partial charge in [-0.2, -0.15) is 0 Å². The molecule has 0 saturated heterocycles. The fourth-order valence-corrected chi connectivity index (χ4v) is 3.90. The number of carbonyl (C=O) groups is 1. The number of nitrogens with one attached hydrogen (secondary N) is 1. The van der Waals surface area contributed by atoms with Gasteiger partial charge >= 0.3 is 0 Å². The summed E-state index contributed by atoms with van der Waals surface area (Å²) in [4.78, 5) is 12.7. The summed E-state index contributed by atoms with van der Waals surface area (Å²) >= 11 is 0. The molecule has 5 heteroatoms. The van der Waals surface area contributed by atoms with Crippen LogP contribution < -0.4 is 5.32 Å². The van der Waals surface area contributed by atoms with Crippen LogP contribution in [0, 0.1) is 13.8 Å². The number of aryl methyl sites for hydroxylation is 2. The van der Waals surface area contributed by atoms with Gasteiger partial charge in [0.1, 0.15) is 0 Å². The predicted octanol–water partition coefficient (Wildman–Crippen LogP) is 3.74. The minimum absolute atomic E-state index is 0.0285.